The zero-order chi connectivity index (χ0) is 20.8. The van der Waals surface area contributed by atoms with Crippen LogP contribution in [0.2, 0.25) is 0 Å². The summed E-state index contributed by atoms with van der Waals surface area (Å²) in [5.41, 5.74) is -0.928. The molecule has 2 atom stereocenters. The number of esters is 1. The molecule has 8 nitrogen and oxygen atoms in total. The van der Waals surface area contributed by atoms with E-state index in [2.05, 4.69) is 0 Å². The molecule has 9 heteroatoms. The van der Waals surface area contributed by atoms with Crippen LogP contribution in [0.25, 0.3) is 11.0 Å². The predicted octanol–water partition coefficient (Wildman–Crippen LogP) is 2.10. The third-order valence-electron chi connectivity index (χ3n) is 4.76. The maximum atomic E-state index is 13.2. The molecule has 0 radical (unpaired) electrons. The summed E-state index contributed by atoms with van der Waals surface area (Å²) < 4.78 is 47.2. The molecule has 1 aromatic heterocycles. The Morgan fingerprint density at radius 3 is 2.62 bits per heavy atom. The minimum Gasteiger partial charge on any atom is -0.500 e. The van der Waals surface area contributed by atoms with Gasteiger partial charge in [-0.2, -0.15) is 0 Å². The number of hydrogen-bond donors (Lipinski definition) is 0. The van der Waals surface area contributed by atoms with E-state index in [0.29, 0.717) is 11.5 Å². The average molecular weight is 416 g/mol. The van der Waals surface area contributed by atoms with Gasteiger partial charge in [0.25, 0.3) is 0 Å². The number of carbonyl (C=O) groups excluding carboxylic acids is 1. The predicted molar refractivity (Wildman–Crippen MR) is 102 cm³/mol. The normalized spacial score (nSPS) is 21.1. The fraction of sp³-hybridized carbons (Fsp3) is 0.200. The molecular formula is C20H16O8S. The minimum atomic E-state index is -4.52. The Labute approximate surface area is 165 Å². The molecule has 0 fully saturated rings. The van der Waals surface area contributed by atoms with Crippen LogP contribution in [0.3, 0.4) is 0 Å². The lowest BCUT2D eigenvalue weighted by Gasteiger charge is -2.30. The Morgan fingerprint density at radius 1 is 1.10 bits per heavy atom. The Kier molecular flexibility index (Phi) is 4.54. The highest BCUT2D eigenvalue weighted by Crippen LogP contribution is 2.35. The average Bonchev–Trinajstić information content (AvgIpc) is 2.71. The summed E-state index contributed by atoms with van der Waals surface area (Å²) in [6.45, 7) is 0. The largest absolute Gasteiger partial charge is 0.500 e. The molecule has 1 aliphatic carbocycles. The molecule has 0 spiro atoms. The number of hydrogen-bond acceptors (Lipinski definition) is 8. The van der Waals surface area contributed by atoms with Crippen molar-refractivity contribution >= 4 is 26.8 Å². The van der Waals surface area contributed by atoms with E-state index in [4.69, 9.17) is 18.6 Å². The number of sulfone groups is 1. The van der Waals surface area contributed by atoms with E-state index in [9.17, 15) is 18.0 Å². The van der Waals surface area contributed by atoms with Gasteiger partial charge in [-0.1, -0.05) is 12.1 Å². The number of rotatable bonds is 4. The van der Waals surface area contributed by atoms with Gasteiger partial charge in [-0.15, -0.1) is 0 Å². The standard InChI is InChI=1S/C20H16O8S/c1-25-13-5-3-7-15-11(13)9-17(19(21)27-15)29(23,24)18-10-12-14(26-2)6-4-8-16(12)28-20(18)22/h3-11,15H,1-2H3. The second-order valence-electron chi connectivity index (χ2n) is 6.36. The van der Waals surface area contributed by atoms with Crippen LogP contribution < -0.4 is 10.4 Å². The molecule has 0 saturated carbocycles. The number of allylic oxidation sites excluding steroid dienone is 2. The van der Waals surface area contributed by atoms with Crippen LogP contribution in [0, 0.1) is 5.92 Å². The van der Waals surface area contributed by atoms with Gasteiger partial charge >= 0.3 is 11.6 Å². The van der Waals surface area contributed by atoms with Gasteiger partial charge in [0.05, 0.1) is 25.5 Å². The van der Waals surface area contributed by atoms with Crippen molar-refractivity contribution in [2.75, 3.05) is 14.2 Å². The van der Waals surface area contributed by atoms with Crippen LogP contribution in [0.15, 0.2) is 73.3 Å². The first-order valence-electron chi connectivity index (χ1n) is 8.58. The number of ether oxygens (including phenoxy) is 3. The Hall–Kier alpha value is -3.33. The van der Waals surface area contributed by atoms with Crippen molar-refractivity contribution < 1.29 is 31.8 Å². The lowest BCUT2D eigenvalue weighted by molar-refractivity contribution is -0.144. The van der Waals surface area contributed by atoms with Crippen molar-refractivity contribution in [2.45, 2.75) is 11.0 Å². The van der Waals surface area contributed by atoms with Crippen LogP contribution >= 0.6 is 0 Å². The second kappa shape index (κ2) is 6.93. The van der Waals surface area contributed by atoms with Gasteiger partial charge < -0.3 is 18.6 Å². The van der Waals surface area contributed by atoms with Crippen molar-refractivity contribution in [3.05, 3.63) is 69.7 Å². The van der Waals surface area contributed by atoms with Crippen LogP contribution in [0.1, 0.15) is 0 Å². The lowest BCUT2D eigenvalue weighted by atomic mass is 9.93. The van der Waals surface area contributed by atoms with Crippen LogP contribution in [0.4, 0.5) is 0 Å². The monoisotopic (exact) mass is 416 g/mol. The van der Waals surface area contributed by atoms with E-state index in [1.165, 1.54) is 26.4 Å². The van der Waals surface area contributed by atoms with Gasteiger partial charge in [0.2, 0.25) is 9.84 Å². The van der Waals surface area contributed by atoms with Crippen LogP contribution in [0.5, 0.6) is 5.75 Å². The van der Waals surface area contributed by atoms with Crippen molar-refractivity contribution in [3.8, 4) is 5.75 Å². The van der Waals surface area contributed by atoms with Gasteiger partial charge in [0.15, 0.2) is 9.80 Å². The second-order valence-corrected chi connectivity index (χ2v) is 8.24. The SMILES string of the molecule is COC1=CC=CC2OC(=O)C(S(=O)(=O)c3cc4c(OC)cccc4oc3=O)=CC12. The molecule has 29 heavy (non-hydrogen) atoms. The Balaban J connectivity index is 1.89. The molecule has 2 unspecified atom stereocenters. The van der Waals surface area contributed by atoms with Crippen molar-refractivity contribution in [1.82, 2.24) is 0 Å². The van der Waals surface area contributed by atoms with E-state index < -0.39 is 43.3 Å². The van der Waals surface area contributed by atoms with E-state index >= 15 is 0 Å². The summed E-state index contributed by atoms with van der Waals surface area (Å²) in [7, 11) is -1.68. The molecule has 2 aromatic rings. The van der Waals surface area contributed by atoms with Gasteiger partial charge in [0, 0.05) is 0 Å². The summed E-state index contributed by atoms with van der Waals surface area (Å²) in [5.74, 6) is -0.905. The fourth-order valence-corrected chi connectivity index (χ4v) is 4.70. The van der Waals surface area contributed by atoms with Crippen molar-refractivity contribution in [2.24, 2.45) is 5.92 Å². The number of methoxy groups -OCH3 is 2. The third-order valence-corrected chi connectivity index (χ3v) is 6.50. The molecular weight excluding hydrogens is 400 g/mol. The molecule has 0 saturated heterocycles. The molecule has 0 bridgehead atoms. The summed E-state index contributed by atoms with van der Waals surface area (Å²) >= 11 is 0. The first-order valence-corrected chi connectivity index (χ1v) is 10.1. The maximum absolute atomic E-state index is 13.2. The molecule has 2 heterocycles. The quantitative estimate of drug-likeness (QED) is 0.551. The fourth-order valence-electron chi connectivity index (χ4n) is 3.34. The Morgan fingerprint density at radius 2 is 1.90 bits per heavy atom. The van der Waals surface area contributed by atoms with Gasteiger partial charge in [0.1, 0.15) is 23.2 Å². The zero-order valence-electron chi connectivity index (χ0n) is 15.4. The smallest absolute Gasteiger partial charge is 0.355 e. The molecule has 4 rings (SSSR count). The number of carbonyl (C=O) groups is 1. The molecule has 1 aliphatic heterocycles. The molecule has 0 amide bonds. The summed E-state index contributed by atoms with van der Waals surface area (Å²) in [4.78, 5) is 23.5. The summed E-state index contributed by atoms with van der Waals surface area (Å²) in [6, 6.07) is 5.86. The minimum absolute atomic E-state index is 0.163. The highest BCUT2D eigenvalue weighted by molar-refractivity contribution is 7.96. The first kappa shape index (κ1) is 19.0. The van der Waals surface area contributed by atoms with Gasteiger partial charge in [-0.3, -0.25) is 0 Å². The van der Waals surface area contributed by atoms with E-state index in [1.807, 2.05) is 0 Å². The first-order chi connectivity index (χ1) is 13.9. The molecule has 2 aliphatic rings. The van der Waals surface area contributed by atoms with Crippen molar-refractivity contribution in [1.29, 1.82) is 0 Å². The highest BCUT2D eigenvalue weighted by Gasteiger charge is 2.41. The third kappa shape index (κ3) is 3.03. The van der Waals surface area contributed by atoms with Crippen molar-refractivity contribution in [3.63, 3.8) is 0 Å². The molecule has 0 N–H and O–H groups in total. The highest BCUT2D eigenvalue weighted by atomic mass is 32.2. The van der Waals surface area contributed by atoms with Crippen LogP contribution in [-0.4, -0.2) is 34.7 Å². The van der Waals surface area contributed by atoms with E-state index in [0.717, 1.165) is 6.07 Å². The maximum Gasteiger partial charge on any atom is 0.355 e. The molecule has 1 aromatic carbocycles. The number of fused-ring (bicyclic) bond motifs is 2. The molecule has 150 valence electrons. The number of benzene rings is 1. The van der Waals surface area contributed by atoms with Gasteiger partial charge in [-0.05, 0) is 36.4 Å². The van der Waals surface area contributed by atoms with Crippen LogP contribution in [-0.2, 0) is 24.1 Å². The van der Waals surface area contributed by atoms with Gasteiger partial charge in [-0.25, -0.2) is 18.0 Å². The van der Waals surface area contributed by atoms with E-state index in [1.54, 1.807) is 30.4 Å². The lowest BCUT2D eigenvalue weighted by Crippen LogP contribution is -2.35. The topological polar surface area (TPSA) is 109 Å². The summed E-state index contributed by atoms with van der Waals surface area (Å²) in [5, 5.41) is 0.286. The Bertz CT molecular complexity index is 1260. The zero-order valence-corrected chi connectivity index (χ0v) is 16.3. The summed E-state index contributed by atoms with van der Waals surface area (Å²) in [6.07, 6.45) is 5.49. The van der Waals surface area contributed by atoms with E-state index in [-0.39, 0.29) is 11.0 Å².